The van der Waals surface area contributed by atoms with E-state index in [-0.39, 0.29) is 5.82 Å². The first kappa shape index (κ1) is 12.0. The lowest BCUT2D eigenvalue weighted by atomic mass is 10.1. The Kier molecular flexibility index (Phi) is 2.87. The number of nitrogens with zero attached hydrogens (tertiary/aromatic N) is 2. The van der Waals surface area contributed by atoms with Crippen LogP contribution in [-0.2, 0) is 0 Å². The van der Waals surface area contributed by atoms with Crippen molar-refractivity contribution in [1.29, 1.82) is 0 Å². The van der Waals surface area contributed by atoms with Gasteiger partial charge >= 0.3 is 0 Å². The van der Waals surface area contributed by atoms with Crippen molar-refractivity contribution in [2.45, 2.75) is 0 Å². The van der Waals surface area contributed by atoms with Gasteiger partial charge in [0.2, 0.25) is 0 Å². The third-order valence-electron chi connectivity index (χ3n) is 2.85. The smallest absolute Gasteiger partial charge is 0.139 e. The fraction of sp³-hybridized carbons (Fsp3) is 0.0714. The predicted molar refractivity (Wildman–Crippen MR) is 72.1 cm³/mol. The number of hydrogen-bond acceptors (Lipinski definition) is 2. The summed E-state index contributed by atoms with van der Waals surface area (Å²) >= 11 is 6.00. The minimum absolute atomic E-state index is 0.311. The molecule has 0 spiro atoms. The molecule has 5 heteroatoms. The van der Waals surface area contributed by atoms with Crippen LogP contribution in [0.1, 0.15) is 0 Å². The second-order valence-electron chi connectivity index (χ2n) is 4.08. The van der Waals surface area contributed by atoms with Crippen LogP contribution >= 0.6 is 11.6 Å². The van der Waals surface area contributed by atoms with Gasteiger partial charge in [0.15, 0.2) is 0 Å². The molecular formula is C14H10ClFN2O. The monoisotopic (exact) mass is 276 g/mol. The largest absolute Gasteiger partial charge is 0.496 e. The van der Waals surface area contributed by atoms with Gasteiger partial charge in [0.1, 0.15) is 17.2 Å². The molecule has 0 radical (unpaired) electrons. The molecule has 0 N–H and O–H groups in total. The molecule has 0 aliphatic rings. The van der Waals surface area contributed by atoms with E-state index in [1.807, 2.05) is 0 Å². The zero-order valence-corrected chi connectivity index (χ0v) is 10.9. The van der Waals surface area contributed by atoms with Gasteiger partial charge < -0.3 is 9.14 Å². The van der Waals surface area contributed by atoms with Crippen molar-refractivity contribution in [3.8, 4) is 17.0 Å². The summed E-state index contributed by atoms with van der Waals surface area (Å²) in [5, 5.41) is 0.596. The number of rotatable bonds is 2. The van der Waals surface area contributed by atoms with Crippen molar-refractivity contribution in [2.75, 3.05) is 7.11 Å². The van der Waals surface area contributed by atoms with E-state index >= 15 is 0 Å². The van der Waals surface area contributed by atoms with Gasteiger partial charge in [-0.1, -0.05) is 11.6 Å². The van der Waals surface area contributed by atoms with Crippen LogP contribution in [0.15, 0.2) is 42.7 Å². The first-order valence-corrected chi connectivity index (χ1v) is 6.03. The Hall–Kier alpha value is -2.07. The summed E-state index contributed by atoms with van der Waals surface area (Å²) in [4.78, 5) is 4.43. The van der Waals surface area contributed by atoms with Crippen molar-refractivity contribution in [2.24, 2.45) is 0 Å². The molecule has 0 saturated heterocycles. The maximum Gasteiger partial charge on any atom is 0.139 e. The molecule has 96 valence electrons. The minimum atomic E-state index is -0.311. The van der Waals surface area contributed by atoms with E-state index in [4.69, 9.17) is 16.3 Å². The summed E-state index contributed by atoms with van der Waals surface area (Å²) in [5.41, 5.74) is 2.13. The molecule has 0 fully saturated rings. The number of ether oxygens (including phenoxy) is 1. The van der Waals surface area contributed by atoms with E-state index in [9.17, 15) is 4.39 Å². The molecule has 3 aromatic rings. The van der Waals surface area contributed by atoms with Gasteiger partial charge in [-0.25, -0.2) is 9.37 Å². The molecule has 19 heavy (non-hydrogen) atoms. The maximum absolute atomic E-state index is 13.2. The van der Waals surface area contributed by atoms with Crippen molar-refractivity contribution in [1.82, 2.24) is 9.38 Å². The number of fused-ring (bicyclic) bond motifs is 1. The van der Waals surface area contributed by atoms with Crippen LogP contribution < -0.4 is 4.74 Å². The summed E-state index contributed by atoms with van der Waals surface area (Å²) in [5.74, 6) is 0.364. The van der Waals surface area contributed by atoms with E-state index in [1.165, 1.54) is 12.3 Å². The molecule has 0 saturated carbocycles. The van der Waals surface area contributed by atoms with E-state index in [0.29, 0.717) is 22.1 Å². The summed E-state index contributed by atoms with van der Waals surface area (Å²) in [6, 6.07) is 8.30. The lowest BCUT2D eigenvalue weighted by Crippen LogP contribution is -1.87. The summed E-state index contributed by atoms with van der Waals surface area (Å²) < 4.78 is 20.1. The van der Waals surface area contributed by atoms with Crippen molar-refractivity contribution < 1.29 is 9.13 Å². The number of pyridine rings is 1. The Labute approximate surface area is 114 Å². The summed E-state index contributed by atoms with van der Waals surface area (Å²) in [6.07, 6.45) is 3.12. The van der Waals surface area contributed by atoms with Crippen molar-refractivity contribution in [3.05, 3.63) is 53.6 Å². The molecule has 0 amide bonds. The molecule has 2 heterocycles. The highest BCUT2D eigenvalue weighted by Gasteiger charge is 2.11. The molecule has 0 aliphatic carbocycles. The lowest BCUT2D eigenvalue weighted by Gasteiger charge is -2.05. The van der Waals surface area contributed by atoms with Gasteiger partial charge in [0, 0.05) is 23.0 Å². The molecule has 2 aromatic heterocycles. The van der Waals surface area contributed by atoms with Crippen LogP contribution in [0.5, 0.6) is 5.75 Å². The molecule has 0 atom stereocenters. The number of halogens is 2. The Bertz CT molecular complexity index is 754. The zero-order valence-electron chi connectivity index (χ0n) is 10.1. The average molecular weight is 277 g/mol. The number of imidazole rings is 1. The molecule has 0 aliphatic heterocycles. The topological polar surface area (TPSA) is 26.5 Å². The van der Waals surface area contributed by atoms with Crippen LogP contribution in [0, 0.1) is 5.82 Å². The highest BCUT2D eigenvalue weighted by molar-refractivity contribution is 6.30. The van der Waals surface area contributed by atoms with Crippen LogP contribution in [0.2, 0.25) is 5.02 Å². The molecule has 0 bridgehead atoms. The Morgan fingerprint density at radius 2 is 2.05 bits per heavy atom. The number of benzene rings is 1. The number of aromatic nitrogens is 2. The normalized spacial score (nSPS) is 10.9. The van der Waals surface area contributed by atoms with Crippen LogP contribution in [0.3, 0.4) is 0 Å². The third-order valence-corrected chi connectivity index (χ3v) is 3.09. The van der Waals surface area contributed by atoms with Crippen LogP contribution in [-0.4, -0.2) is 16.5 Å². The van der Waals surface area contributed by atoms with E-state index in [2.05, 4.69) is 4.98 Å². The molecular weight excluding hydrogens is 267 g/mol. The second-order valence-corrected chi connectivity index (χ2v) is 4.52. The van der Waals surface area contributed by atoms with Gasteiger partial charge in [0.05, 0.1) is 12.8 Å². The second kappa shape index (κ2) is 4.55. The standard InChI is InChI=1S/C14H10ClFN2O/c1-19-13-4-2-9(15)6-11(13)12-8-18-7-10(16)3-5-14(18)17-12/h2-8H,1H3. The van der Waals surface area contributed by atoms with Gasteiger partial charge in [0.25, 0.3) is 0 Å². The fourth-order valence-corrected chi connectivity index (χ4v) is 2.15. The van der Waals surface area contributed by atoms with Gasteiger partial charge in [-0.2, -0.15) is 0 Å². The SMILES string of the molecule is COc1ccc(Cl)cc1-c1cn2cc(F)ccc2n1. The van der Waals surface area contributed by atoms with Gasteiger partial charge in [-0.15, -0.1) is 0 Å². The number of methoxy groups -OCH3 is 1. The van der Waals surface area contributed by atoms with Gasteiger partial charge in [-0.05, 0) is 30.3 Å². The highest BCUT2D eigenvalue weighted by atomic mass is 35.5. The Morgan fingerprint density at radius 1 is 1.21 bits per heavy atom. The maximum atomic E-state index is 13.2. The van der Waals surface area contributed by atoms with Crippen LogP contribution in [0.4, 0.5) is 4.39 Å². The fourth-order valence-electron chi connectivity index (χ4n) is 1.97. The predicted octanol–water partition coefficient (Wildman–Crippen LogP) is 3.80. The van der Waals surface area contributed by atoms with E-state index < -0.39 is 0 Å². The lowest BCUT2D eigenvalue weighted by molar-refractivity contribution is 0.416. The minimum Gasteiger partial charge on any atom is -0.496 e. The molecule has 1 aromatic carbocycles. The quantitative estimate of drug-likeness (QED) is 0.712. The van der Waals surface area contributed by atoms with Crippen LogP contribution in [0.25, 0.3) is 16.9 Å². The Morgan fingerprint density at radius 3 is 2.84 bits per heavy atom. The summed E-state index contributed by atoms with van der Waals surface area (Å²) in [7, 11) is 1.59. The van der Waals surface area contributed by atoms with Crippen molar-refractivity contribution in [3.63, 3.8) is 0 Å². The van der Waals surface area contributed by atoms with Gasteiger partial charge in [-0.3, -0.25) is 0 Å². The molecule has 0 unspecified atom stereocenters. The first-order chi connectivity index (χ1) is 9.17. The van der Waals surface area contributed by atoms with E-state index in [1.54, 1.807) is 42.0 Å². The van der Waals surface area contributed by atoms with E-state index in [0.717, 1.165) is 5.56 Å². The highest BCUT2D eigenvalue weighted by Crippen LogP contribution is 2.31. The summed E-state index contributed by atoms with van der Waals surface area (Å²) in [6.45, 7) is 0. The third kappa shape index (κ3) is 2.15. The Balaban J connectivity index is 2.21. The average Bonchev–Trinajstić information content (AvgIpc) is 2.81. The van der Waals surface area contributed by atoms with Crippen molar-refractivity contribution >= 4 is 17.2 Å². The zero-order chi connectivity index (χ0) is 13.4. The number of hydrogen-bond donors (Lipinski definition) is 0. The molecule has 3 nitrogen and oxygen atoms in total. The first-order valence-electron chi connectivity index (χ1n) is 5.65. The molecule has 3 rings (SSSR count).